The van der Waals surface area contributed by atoms with Crippen LogP contribution in [-0.2, 0) is 0 Å². The van der Waals surface area contributed by atoms with Crippen LogP contribution >= 0.6 is 11.6 Å². The molecular formula is C8H8ClFN4. The fraction of sp³-hybridized carbons (Fsp3) is 0.125. The molecule has 0 aliphatic carbocycles. The van der Waals surface area contributed by atoms with Crippen LogP contribution in [0.5, 0.6) is 0 Å². The number of benzene rings is 1. The Morgan fingerprint density at radius 1 is 1.50 bits per heavy atom. The quantitative estimate of drug-likeness (QED) is 0.746. The van der Waals surface area contributed by atoms with Gasteiger partial charge in [0.05, 0.1) is 10.7 Å². The zero-order chi connectivity index (χ0) is 10.1. The molecular weight excluding hydrogens is 207 g/mol. The Morgan fingerprint density at radius 2 is 2.29 bits per heavy atom. The van der Waals surface area contributed by atoms with Crippen molar-refractivity contribution in [3.63, 3.8) is 0 Å². The standard InChI is InChI=1S/C8H8ClFN4/c1-5-7(14-4-11-12-13-14)3-2-6(9)8(5)10/h2-4,12-13H,1H3. The molecule has 0 spiro atoms. The van der Waals surface area contributed by atoms with Crippen LogP contribution in [0, 0.1) is 12.7 Å². The van der Waals surface area contributed by atoms with Crippen LogP contribution in [0.1, 0.15) is 5.56 Å². The number of nitrogens with one attached hydrogen (secondary N) is 2. The second kappa shape index (κ2) is 3.43. The highest BCUT2D eigenvalue weighted by Crippen LogP contribution is 2.26. The maximum absolute atomic E-state index is 13.4. The molecule has 0 radical (unpaired) electrons. The van der Waals surface area contributed by atoms with E-state index < -0.39 is 5.82 Å². The van der Waals surface area contributed by atoms with Gasteiger partial charge in [-0.05, 0) is 19.1 Å². The summed E-state index contributed by atoms with van der Waals surface area (Å²) in [7, 11) is 0. The molecule has 6 heteroatoms. The van der Waals surface area contributed by atoms with E-state index in [0.717, 1.165) is 0 Å². The normalized spacial score (nSPS) is 14.6. The van der Waals surface area contributed by atoms with Crippen LogP contribution in [0.25, 0.3) is 0 Å². The summed E-state index contributed by atoms with van der Waals surface area (Å²) in [4.78, 5) is 0. The topological polar surface area (TPSA) is 39.7 Å². The van der Waals surface area contributed by atoms with Crippen LogP contribution in [0.3, 0.4) is 0 Å². The van der Waals surface area contributed by atoms with Gasteiger partial charge in [0.1, 0.15) is 12.2 Å². The van der Waals surface area contributed by atoms with Crippen molar-refractivity contribution in [2.45, 2.75) is 6.92 Å². The summed E-state index contributed by atoms with van der Waals surface area (Å²) in [6.07, 6.45) is 1.51. The SMILES string of the molecule is Cc1c(N2C=NNN2)ccc(Cl)c1F. The summed E-state index contributed by atoms with van der Waals surface area (Å²) in [6, 6.07) is 3.22. The Labute approximate surface area is 85.3 Å². The molecule has 4 nitrogen and oxygen atoms in total. The van der Waals surface area contributed by atoms with Crippen LogP contribution in [0.2, 0.25) is 5.02 Å². The first-order chi connectivity index (χ1) is 6.70. The van der Waals surface area contributed by atoms with E-state index in [0.29, 0.717) is 11.3 Å². The maximum Gasteiger partial charge on any atom is 0.146 e. The van der Waals surface area contributed by atoms with Crippen molar-refractivity contribution in [1.82, 2.24) is 11.1 Å². The van der Waals surface area contributed by atoms with Gasteiger partial charge < -0.3 is 0 Å². The molecule has 1 aliphatic heterocycles. The van der Waals surface area contributed by atoms with Gasteiger partial charge in [-0.3, -0.25) is 0 Å². The Morgan fingerprint density at radius 3 is 2.93 bits per heavy atom. The van der Waals surface area contributed by atoms with Crippen molar-refractivity contribution in [2.24, 2.45) is 5.10 Å². The van der Waals surface area contributed by atoms with Gasteiger partial charge in [-0.15, -0.1) is 5.53 Å². The maximum atomic E-state index is 13.4. The lowest BCUT2D eigenvalue weighted by Gasteiger charge is -2.16. The van der Waals surface area contributed by atoms with Gasteiger partial charge in [0.25, 0.3) is 0 Å². The zero-order valence-electron chi connectivity index (χ0n) is 7.38. The Kier molecular flexibility index (Phi) is 2.26. The number of hydrazine groups is 2. The summed E-state index contributed by atoms with van der Waals surface area (Å²) in [5.41, 5.74) is 6.37. The van der Waals surface area contributed by atoms with Gasteiger partial charge in [0.2, 0.25) is 0 Å². The molecule has 14 heavy (non-hydrogen) atoms. The molecule has 1 aromatic rings. The Hall–Kier alpha value is -1.33. The smallest absolute Gasteiger partial charge is 0.146 e. The van der Waals surface area contributed by atoms with Crippen LogP contribution in [-0.4, -0.2) is 6.34 Å². The van der Waals surface area contributed by atoms with Crippen molar-refractivity contribution in [3.8, 4) is 0 Å². The number of hydrogen-bond acceptors (Lipinski definition) is 4. The minimum absolute atomic E-state index is 0.121. The molecule has 1 aliphatic rings. The second-order valence-corrected chi connectivity index (χ2v) is 3.25. The monoisotopic (exact) mass is 214 g/mol. The van der Waals surface area contributed by atoms with E-state index in [-0.39, 0.29) is 5.02 Å². The first kappa shape index (κ1) is 9.23. The third-order valence-corrected chi connectivity index (χ3v) is 2.27. The minimum Gasteiger partial charge on any atom is -0.245 e. The molecule has 2 rings (SSSR count). The number of rotatable bonds is 1. The predicted molar refractivity (Wildman–Crippen MR) is 53.4 cm³/mol. The van der Waals surface area contributed by atoms with E-state index in [1.165, 1.54) is 12.4 Å². The lowest BCUT2D eigenvalue weighted by molar-refractivity contribution is 0.606. The number of hydrogen-bond donors (Lipinski definition) is 2. The highest BCUT2D eigenvalue weighted by atomic mass is 35.5. The number of anilines is 1. The lowest BCUT2D eigenvalue weighted by Crippen LogP contribution is -2.37. The highest BCUT2D eigenvalue weighted by molar-refractivity contribution is 6.30. The summed E-state index contributed by atoms with van der Waals surface area (Å²) >= 11 is 5.63. The number of nitrogens with zero attached hydrogens (tertiary/aromatic N) is 2. The van der Waals surface area contributed by atoms with Gasteiger partial charge in [-0.1, -0.05) is 11.6 Å². The van der Waals surface area contributed by atoms with E-state index in [2.05, 4.69) is 16.2 Å². The molecule has 0 atom stereocenters. The van der Waals surface area contributed by atoms with Crippen molar-refractivity contribution >= 4 is 23.6 Å². The van der Waals surface area contributed by atoms with Gasteiger partial charge in [-0.2, -0.15) is 5.10 Å². The second-order valence-electron chi connectivity index (χ2n) is 2.84. The summed E-state index contributed by atoms with van der Waals surface area (Å²) in [6.45, 7) is 1.66. The van der Waals surface area contributed by atoms with E-state index in [4.69, 9.17) is 11.6 Å². The molecule has 0 aromatic heterocycles. The average molecular weight is 215 g/mol. The molecule has 1 aromatic carbocycles. The lowest BCUT2D eigenvalue weighted by atomic mass is 10.2. The Balaban J connectivity index is 2.43. The number of halogens is 2. The highest BCUT2D eigenvalue weighted by Gasteiger charge is 2.14. The van der Waals surface area contributed by atoms with Gasteiger partial charge in [0, 0.05) is 5.56 Å². The largest absolute Gasteiger partial charge is 0.245 e. The first-order valence-electron chi connectivity index (χ1n) is 3.98. The van der Waals surface area contributed by atoms with Gasteiger partial charge in [-0.25, -0.2) is 14.9 Å². The van der Waals surface area contributed by atoms with Crippen molar-refractivity contribution in [2.75, 3.05) is 5.01 Å². The van der Waals surface area contributed by atoms with Crippen LogP contribution in [0.15, 0.2) is 17.2 Å². The molecule has 0 bridgehead atoms. The molecule has 74 valence electrons. The summed E-state index contributed by atoms with van der Waals surface area (Å²) < 4.78 is 13.4. The predicted octanol–water partition coefficient (Wildman–Crippen LogP) is 1.56. The van der Waals surface area contributed by atoms with E-state index in [1.54, 1.807) is 18.0 Å². The molecule has 2 N–H and O–H groups in total. The summed E-state index contributed by atoms with van der Waals surface area (Å²) in [5.74, 6) is -0.411. The molecule has 0 saturated carbocycles. The molecule has 0 fully saturated rings. The molecule has 0 saturated heterocycles. The molecule has 0 amide bonds. The van der Waals surface area contributed by atoms with E-state index >= 15 is 0 Å². The molecule has 1 heterocycles. The van der Waals surface area contributed by atoms with E-state index in [9.17, 15) is 4.39 Å². The van der Waals surface area contributed by atoms with Crippen molar-refractivity contribution in [1.29, 1.82) is 0 Å². The zero-order valence-corrected chi connectivity index (χ0v) is 8.14. The van der Waals surface area contributed by atoms with E-state index in [1.807, 2.05) is 0 Å². The summed E-state index contributed by atoms with van der Waals surface area (Å²) in [5, 5.41) is 5.40. The Bertz CT molecular complexity index is 393. The average Bonchev–Trinajstić information content (AvgIpc) is 2.67. The van der Waals surface area contributed by atoms with Crippen molar-refractivity contribution in [3.05, 3.63) is 28.5 Å². The number of hydrazone groups is 1. The van der Waals surface area contributed by atoms with Crippen molar-refractivity contribution < 1.29 is 4.39 Å². The molecule has 0 unspecified atom stereocenters. The van der Waals surface area contributed by atoms with Crippen LogP contribution in [0.4, 0.5) is 10.1 Å². The van der Waals surface area contributed by atoms with Crippen LogP contribution < -0.4 is 16.1 Å². The third kappa shape index (κ3) is 1.40. The van der Waals surface area contributed by atoms with Gasteiger partial charge >= 0.3 is 0 Å². The van der Waals surface area contributed by atoms with Gasteiger partial charge in [0.15, 0.2) is 0 Å². The first-order valence-corrected chi connectivity index (χ1v) is 4.35. The third-order valence-electron chi connectivity index (χ3n) is 1.98. The fourth-order valence-electron chi connectivity index (χ4n) is 1.22. The minimum atomic E-state index is -0.411. The fourth-order valence-corrected chi connectivity index (χ4v) is 1.43.